The van der Waals surface area contributed by atoms with Crippen molar-refractivity contribution in [1.29, 1.82) is 0 Å². The lowest BCUT2D eigenvalue weighted by molar-refractivity contribution is 0.1000. The summed E-state index contributed by atoms with van der Waals surface area (Å²) in [5.74, 6) is -0.683. The van der Waals surface area contributed by atoms with Gasteiger partial charge in [-0.1, -0.05) is 0 Å². The first-order chi connectivity index (χ1) is 13.8. The minimum Gasteiger partial charge on any atom is -0.408 e. The number of pyridine rings is 1. The van der Waals surface area contributed by atoms with Gasteiger partial charge in [0, 0.05) is 39.4 Å². The molecule has 0 atom stereocenters. The molecule has 0 radical (unpaired) electrons. The summed E-state index contributed by atoms with van der Waals surface area (Å²) in [5.41, 5.74) is 6.45. The monoisotopic (exact) mass is 417 g/mol. The summed E-state index contributed by atoms with van der Waals surface area (Å²) in [4.78, 5) is 29.4. The first-order valence-electron chi connectivity index (χ1n) is 8.88. The van der Waals surface area contributed by atoms with Gasteiger partial charge in [0.25, 0.3) is 5.91 Å². The fourth-order valence-electron chi connectivity index (χ4n) is 3.40. The van der Waals surface area contributed by atoms with Gasteiger partial charge in [-0.3, -0.25) is 9.36 Å². The molecular weight excluding hydrogens is 398 g/mol. The number of sulfonamides is 1. The highest BCUT2D eigenvalue weighted by atomic mass is 32.2. The van der Waals surface area contributed by atoms with Gasteiger partial charge in [-0.05, 0) is 30.3 Å². The van der Waals surface area contributed by atoms with Crippen molar-refractivity contribution in [3.8, 4) is 0 Å². The van der Waals surface area contributed by atoms with Gasteiger partial charge in [0.1, 0.15) is 5.82 Å². The van der Waals surface area contributed by atoms with Crippen LogP contribution in [0.15, 0.2) is 50.6 Å². The molecule has 1 amide bonds. The predicted octanol–water partition coefficient (Wildman–Crippen LogP) is 0.136. The Kier molecular flexibility index (Phi) is 4.63. The van der Waals surface area contributed by atoms with Gasteiger partial charge in [-0.2, -0.15) is 4.31 Å². The van der Waals surface area contributed by atoms with Crippen LogP contribution in [0.1, 0.15) is 10.4 Å². The number of piperazine rings is 1. The SMILES string of the molecule is Cn1c(=O)oc2ccc(S(=O)(=O)N3CCN(c4ncccc4C(N)=O)CC3)cc21. The Balaban J connectivity index is 1.57. The quantitative estimate of drug-likeness (QED) is 0.638. The molecule has 2 aromatic heterocycles. The van der Waals surface area contributed by atoms with Gasteiger partial charge in [-0.25, -0.2) is 18.2 Å². The number of amides is 1. The molecule has 3 heterocycles. The molecule has 0 bridgehead atoms. The molecule has 1 fully saturated rings. The molecule has 1 aliphatic heterocycles. The average Bonchev–Trinajstić information content (AvgIpc) is 3.01. The molecule has 1 aliphatic rings. The maximum atomic E-state index is 13.1. The number of primary amides is 1. The zero-order valence-corrected chi connectivity index (χ0v) is 16.4. The zero-order valence-electron chi connectivity index (χ0n) is 15.6. The van der Waals surface area contributed by atoms with Gasteiger partial charge in [0.2, 0.25) is 10.0 Å². The number of rotatable bonds is 4. The molecule has 2 N–H and O–H groups in total. The number of carbonyl (C=O) groups is 1. The maximum Gasteiger partial charge on any atom is 0.419 e. The number of anilines is 1. The topological polar surface area (TPSA) is 132 Å². The number of fused-ring (bicyclic) bond motifs is 1. The Hall–Kier alpha value is -3.18. The Morgan fingerprint density at radius 2 is 1.90 bits per heavy atom. The molecule has 11 heteroatoms. The summed E-state index contributed by atoms with van der Waals surface area (Å²) < 4.78 is 33.8. The van der Waals surface area contributed by atoms with Gasteiger partial charge in [0.05, 0.1) is 16.0 Å². The second kappa shape index (κ2) is 7.01. The van der Waals surface area contributed by atoms with Crippen molar-refractivity contribution >= 4 is 32.8 Å². The molecule has 29 heavy (non-hydrogen) atoms. The van der Waals surface area contributed by atoms with Crippen molar-refractivity contribution < 1.29 is 17.6 Å². The van der Waals surface area contributed by atoms with Crippen LogP contribution in [0.3, 0.4) is 0 Å². The van der Waals surface area contributed by atoms with E-state index in [-0.39, 0.29) is 18.0 Å². The van der Waals surface area contributed by atoms with Crippen LogP contribution in [0.2, 0.25) is 0 Å². The Labute approximate surface area is 166 Å². The van der Waals surface area contributed by atoms with Crippen LogP contribution < -0.4 is 16.4 Å². The van der Waals surface area contributed by atoms with E-state index in [4.69, 9.17) is 10.2 Å². The molecule has 1 saturated heterocycles. The lowest BCUT2D eigenvalue weighted by Gasteiger charge is -2.35. The molecule has 4 rings (SSSR count). The summed E-state index contributed by atoms with van der Waals surface area (Å²) in [7, 11) is -2.24. The van der Waals surface area contributed by atoms with Crippen LogP contribution in [-0.2, 0) is 17.1 Å². The van der Waals surface area contributed by atoms with Crippen molar-refractivity contribution in [3.63, 3.8) is 0 Å². The van der Waals surface area contributed by atoms with E-state index in [1.54, 1.807) is 18.3 Å². The third kappa shape index (κ3) is 3.28. The molecule has 10 nitrogen and oxygen atoms in total. The number of carbonyl (C=O) groups excluding carboxylic acids is 1. The highest BCUT2D eigenvalue weighted by Crippen LogP contribution is 2.24. The lowest BCUT2D eigenvalue weighted by Crippen LogP contribution is -2.49. The van der Waals surface area contributed by atoms with Gasteiger partial charge < -0.3 is 15.1 Å². The Bertz CT molecular complexity index is 1260. The fraction of sp³-hybridized carbons (Fsp3) is 0.278. The number of aryl methyl sites for hydroxylation is 1. The number of benzene rings is 1. The Morgan fingerprint density at radius 1 is 1.17 bits per heavy atom. The van der Waals surface area contributed by atoms with Crippen LogP contribution in [0.4, 0.5) is 5.82 Å². The summed E-state index contributed by atoms with van der Waals surface area (Å²) >= 11 is 0. The van der Waals surface area contributed by atoms with E-state index in [1.807, 2.05) is 4.90 Å². The molecule has 0 spiro atoms. The molecule has 0 saturated carbocycles. The van der Waals surface area contributed by atoms with E-state index in [0.717, 1.165) is 0 Å². The number of hydrogen-bond acceptors (Lipinski definition) is 7. The third-order valence-corrected chi connectivity index (χ3v) is 6.89. The Morgan fingerprint density at radius 3 is 2.59 bits per heavy atom. The van der Waals surface area contributed by atoms with Gasteiger partial charge in [-0.15, -0.1) is 0 Å². The summed E-state index contributed by atoms with van der Waals surface area (Å²) in [6.07, 6.45) is 1.56. The van der Waals surface area contributed by atoms with E-state index in [9.17, 15) is 18.0 Å². The average molecular weight is 417 g/mol. The van der Waals surface area contributed by atoms with Crippen molar-refractivity contribution in [2.45, 2.75) is 4.90 Å². The molecule has 152 valence electrons. The smallest absolute Gasteiger partial charge is 0.408 e. The molecule has 3 aromatic rings. The van der Waals surface area contributed by atoms with Crippen LogP contribution in [0, 0.1) is 0 Å². The van der Waals surface area contributed by atoms with Crippen LogP contribution in [0.5, 0.6) is 0 Å². The van der Waals surface area contributed by atoms with E-state index >= 15 is 0 Å². The fourth-order valence-corrected chi connectivity index (χ4v) is 4.84. The lowest BCUT2D eigenvalue weighted by atomic mass is 10.2. The van der Waals surface area contributed by atoms with Crippen molar-refractivity contribution in [1.82, 2.24) is 13.9 Å². The van der Waals surface area contributed by atoms with E-state index in [0.29, 0.717) is 35.6 Å². The van der Waals surface area contributed by atoms with Gasteiger partial charge >= 0.3 is 5.76 Å². The van der Waals surface area contributed by atoms with Crippen LogP contribution >= 0.6 is 0 Å². The molecular formula is C18H19N5O5S. The van der Waals surface area contributed by atoms with Gasteiger partial charge in [0.15, 0.2) is 5.58 Å². The second-order valence-corrected chi connectivity index (χ2v) is 8.62. The highest BCUT2D eigenvalue weighted by Gasteiger charge is 2.30. The van der Waals surface area contributed by atoms with E-state index in [2.05, 4.69) is 4.98 Å². The minimum absolute atomic E-state index is 0.0884. The highest BCUT2D eigenvalue weighted by molar-refractivity contribution is 7.89. The second-order valence-electron chi connectivity index (χ2n) is 6.69. The van der Waals surface area contributed by atoms with Crippen molar-refractivity contribution in [3.05, 3.63) is 52.6 Å². The molecule has 0 unspecified atom stereocenters. The number of hydrogen-bond donors (Lipinski definition) is 1. The minimum atomic E-state index is -3.76. The van der Waals surface area contributed by atoms with E-state index < -0.39 is 21.7 Å². The van der Waals surface area contributed by atoms with Crippen LogP contribution in [-0.4, -0.2) is 54.4 Å². The number of nitrogens with zero attached hydrogens (tertiary/aromatic N) is 4. The normalized spacial score (nSPS) is 15.7. The first-order valence-corrected chi connectivity index (χ1v) is 10.3. The predicted molar refractivity (Wildman–Crippen MR) is 105 cm³/mol. The maximum absolute atomic E-state index is 13.1. The number of nitrogens with two attached hydrogens (primary N) is 1. The van der Waals surface area contributed by atoms with Crippen molar-refractivity contribution in [2.75, 3.05) is 31.1 Å². The van der Waals surface area contributed by atoms with Crippen LogP contribution in [0.25, 0.3) is 11.1 Å². The summed E-state index contributed by atoms with van der Waals surface area (Å²) in [6.45, 7) is 1.17. The van der Waals surface area contributed by atoms with E-state index in [1.165, 1.54) is 34.1 Å². The number of oxazole rings is 1. The largest absolute Gasteiger partial charge is 0.419 e. The summed E-state index contributed by atoms with van der Waals surface area (Å²) in [6, 6.07) is 7.57. The summed E-state index contributed by atoms with van der Waals surface area (Å²) in [5, 5.41) is 0. The van der Waals surface area contributed by atoms with Crippen molar-refractivity contribution in [2.24, 2.45) is 12.8 Å². The third-order valence-electron chi connectivity index (χ3n) is 4.99. The molecule has 1 aromatic carbocycles. The first kappa shape index (κ1) is 19.2. The standard InChI is InChI=1S/C18H19N5O5S/c1-21-14-11-12(4-5-15(14)28-18(21)25)29(26,27)23-9-7-22(8-10-23)17-13(16(19)24)3-2-6-20-17/h2-6,11H,7-10H2,1H3,(H2,19,24). The number of aromatic nitrogens is 2. The zero-order chi connectivity index (χ0) is 20.8. The molecule has 0 aliphatic carbocycles.